The Labute approximate surface area is 155 Å². The molecule has 26 heavy (non-hydrogen) atoms. The molecule has 0 bridgehead atoms. The molecule has 0 radical (unpaired) electrons. The number of nitrogens with one attached hydrogen (secondary N) is 2. The summed E-state index contributed by atoms with van der Waals surface area (Å²) in [5, 5.41) is 6.23. The molecule has 142 valence electrons. The van der Waals surface area contributed by atoms with Crippen LogP contribution in [0.15, 0.2) is 29.3 Å². The van der Waals surface area contributed by atoms with Crippen molar-refractivity contribution in [1.29, 1.82) is 0 Å². The van der Waals surface area contributed by atoms with Crippen molar-refractivity contribution in [3.8, 4) is 0 Å². The van der Waals surface area contributed by atoms with Crippen LogP contribution in [0.4, 0.5) is 4.39 Å². The predicted octanol–water partition coefficient (Wildman–Crippen LogP) is 2.33. The summed E-state index contributed by atoms with van der Waals surface area (Å²) in [6.45, 7) is 6.12. The van der Waals surface area contributed by atoms with Crippen LogP contribution >= 0.6 is 0 Å². The van der Waals surface area contributed by atoms with Crippen LogP contribution in [0.1, 0.15) is 38.2 Å². The van der Waals surface area contributed by atoms with Crippen LogP contribution in [0, 0.1) is 11.2 Å². The third-order valence-corrected chi connectivity index (χ3v) is 5.44. The Balaban J connectivity index is 1.44. The average Bonchev–Trinajstić information content (AvgIpc) is 3.03. The van der Waals surface area contributed by atoms with Gasteiger partial charge in [-0.05, 0) is 49.3 Å². The molecule has 2 aliphatic rings. The fraction of sp³-hybridized carbons (Fsp3) is 0.600. The Bertz CT molecular complexity index is 657. The van der Waals surface area contributed by atoms with Gasteiger partial charge in [0.15, 0.2) is 5.96 Å². The van der Waals surface area contributed by atoms with Crippen molar-refractivity contribution >= 4 is 11.9 Å². The molecule has 0 atom stereocenters. The highest BCUT2D eigenvalue weighted by Gasteiger charge is 2.43. The summed E-state index contributed by atoms with van der Waals surface area (Å²) >= 11 is 0. The van der Waals surface area contributed by atoms with E-state index in [2.05, 4.69) is 27.4 Å². The second-order valence-electron chi connectivity index (χ2n) is 7.42. The minimum Gasteiger partial charge on any atom is -0.357 e. The maximum Gasteiger partial charge on any atom is 0.224 e. The molecule has 1 spiro atoms. The lowest BCUT2D eigenvalue weighted by atomic mass is 9.68. The first-order valence-corrected chi connectivity index (χ1v) is 9.65. The third kappa shape index (κ3) is 4.74. The maximum atomic E-state index is 13.2. The van der Waals surface area contributed by atoms with Gasteiger partial charge in [0.1, 0.15) is 5.82 Å². The van der Waals surface area contributed by atoms with Crippen molar-refractivity contribution in [2.75, 3.05) is 32.7 Å². The summed E-state index contributed by atoms with van der Waals surface area (Å²) in [6.07, 6.45) is 5.51. The Morgan fingerprint density at radius 2 is 2.15 bits per heavy atom. The number of guanidine groups is 1. The Morgan fingerprint density at radius 1 is 1.31 bits per heavy atom. The van der Waals surface area contributed by atoms with Crippen molar-refractivity contribution in [2.45, 2.75) is 39.0 Å². The minimum atomic E-state index is -0.315. The predicted molar refractivity (Wildman–Crippen MR) is 102 cm³/mol. The number of hydrogen-bond donors (Lipinski definition) is 2. The summed E-state index contributed by atoms with van der Waals surface area (Å²) in [5.41, 5.74) is 1.22. The van der Waals surface area contributed by atoms with Crippen LogP contribution in [-0.2, 0) is 11.2 Å². The Hall–Kier alpha value is -2.11. The number of nitrogens with zero attached hydrogens (tertiary/aromatic N) is 2. The molecule has 1 aromatic carbocycles. The van der Waals surface area contributed by atoms with E-state index in [4.69, 9.17) is 0 Å². The van der Waals surface area contributed by atoms with E-state index >= 15 is 0 Å². The maximum absolute atomic E-state index is 13.2. The summed E-state index contributed by atoms with van der Waals surface area (Å²) in [7, 11) is 0. The second kappa shape index (κ2) is 8.52. The molecule has 2 N–H and O–H groups in total. The molecule has 0 unspecified atom stereocenters. The van der Waals surface area contributed by atoms with Crippen molar-refractivity contribution in [1.82, 2.24) is 15.5 Å². The number of carbonyl (C=O) groups is 1. The number of halogens is 1. The van der Waals surface area contributed by atoms with Crippen LogP contribution in [-0.4, -0.2) is 49.5 Å². The van der Waals surface area contributed by atoms with Gasteiger partial charge in [-0.1, -0.05) is 18.6 Å². The standard InChI is InChI=1S/C20H29FN4O/c1-2-22-19(25-12-9-20(15-25)7-4-8-20)24-11-10-23-18(26)14-16-5-3-6-17(21)13-16/h3,5-6,13H,2,4,7-12,14-15H2,1H3,(H,22,24)(H,23,26). The smallest absolute Gasteiger partial charge is 0.224 e. The Morgan fingerprint density at radius 3 is 2.81 bits per heavy atom. The van der Waals surface area contributed by atoms with Gasteiger partial charge in [0, 0.05) is 26.2 Å². The summed E-state index contributed by atoms with van der Waals surface area (Å²) in [4.78, 5) is 19.0. The quantitative estimate of drug-likeness (QED) is 0.465. The van der Waals surface area contributed by atoms with E-state index in [1.807, 2.05) is 0 Å². The highest BCUT2D eigenvalue weighted by Crippen LogP contribution is 2.47. The molecule has 2 fully saturated rings. The minimum absolute atomic E-state index is 0.106. The molecule has 3 rings (SSSR count). The molecule has 0 aromatic heterocycles. The van der Waals surface area contributed by atoms with Crippen LogP contribution in [0.3, 0.4) is 0 Å². The van der Waals surface area contributed by atoms with Gasteiger partial charge in [-0.15, -0.1) is 0 Å². The average molecular weight is 360 g/mol. The summed E-state index contributed by atoms with van der Waals surface area (Å²) < 4.78 is 13.2. The van der Waals surface area contributed by atoms with Crippen LogP contribution < -0.4 is 10.6 Å². The normalized spacial score (nSPS) is 18.7. The number of hydrogen-bond acceptors (Lipinski definition) is 2. The first kappa shape index (κ1) is 18.7. The zero-order valence-electron chi connectivity index (χ0n) is 15.6. The highest BCUT2D eigenvalue weighted by molar-refractivity contribution is 5.80. The lowest BCUT2D eigenvalue weighted by Gasteiger charge is -2.38. The fourth-order valence-corrected chi connectivity index (χ4v) is 3.88. The van der Waals surface area contributed by atoms with E-state index in [1.54, 1.807) is 12.1 Å². The van der Waals surface area contributed by atoms with E-state index in [-0.39, 0.29) is 18.1 Å². The van der Waals surface area contributed by atoms with Gasteiger partial charge in [0.05, 0.1) is 13.0 Å². The lowest BCUT2D eigenvalue weighted by Crippen LogP contribution is -2.43. The van der Waals surface area contributed by atoms with Gasteiger partial charge in [-0.2, -0.15) is 0 Å². The molecule has 1 aliphatic carbocycles. The highest BCUT2D eigenvalue weighted by atomic mass is 19.1. The van der Waals surface area contributed by atoms with E-state index in [9.17, 15) is 9.18 Å². The molecule has 1 saturated heterocycles. The van der Waals surface area contributed by atoms with Crippen LogP contribution in [0.2, 0.25) is 0 Å². The molecule has 1 amide bonds. The molecular weight excluding hydrogens is 331 g/mol. The van der Waals surface area contributed by atoms with E-state index in [0.717, 1.165) is 25.6 Å². The number of benzene rings is 1. The molecule has 1 aliphatic heterocycles. The van der Waals surface area contributed by atoms with Crippen LogP contribution in [0.5, 0.6) is 0 Å². The van der Waals surface area contributed by atoms with Gasteiger partial charge >= 0.3 is 0 Å². The second-order valence-corrected chi connectivity index (χ2v) is 7.42. The zero-order chi connectivity index (χ0) is 18.4. The van der Waals surface area contributed by atoms with E-state index in [0.29, 0.717) is 24.1 Å². The molecular formula is C20H29FN4O. The topological polar surface area (TPSA) is 56.7 Å². The first-order valence-electron chi connectivity index (χ1n) is 9.65. The third-order valence-electron chi connectivity index (χ3n) is 5.44. The number of carbonyl (C=O) groups excluding carboxylic acids is 1. The first-order chi connectivity index (χ1) is 12.6. The van der Waals surface area contributed by atoms with Gasteiger partial charge in [0.2, 0.25) is 5.91 Å². The number of amides is 1. The number of rotatable bonds is 6. The molecule has 1 aromatic rings. The monoisotopic (exact) mass is 360 g/mol. The molecule has 6 heteroatoms. The van der Waals surface area contributed by atoms with E-state index < -0.39 is 0 Å². The van der Waals surface area contributed by atoms with Gasteiger partial charge in [-0.3, -0.25) is 9.79 Å². The largest absolute Gasteiger partial charge is 0.357 e. The molecule has 5 nitrogen and oxygen atoms in total. The molecule has 1 heterocycles. The lowest BCUT2D eigenvalue weighted by molar-refractivity contribution is -0.120. The van der Waals surface area contributed by atoms with Gasteiger partial charge < -0.3 is 15.5 Å². The van der Waals surface area contributed by atoms with Crippen molar-refractivity contribution in [2.24, 2.45) is 10.4 Å². The van der Waals surface area contributed by atoms with E-state index in [1.165, 1.54) is 37.8 Å². The van der Waals surface area contributed by atoms with Crippen molar-refractivity contribution < 1.29 is 9.18 Å². The van der Waals surface area contributed by atoms with Crippen LogP contribution in [0.25, 0.3) is 0 Å². The zero-order valence-corrected chi connectivity index (χ0v) is 15.6. The van der Waals surface area contributed by atoms with Gasteiger partial charge in [0.25, 0.3) is 0 Å². The number of aliphatic imine (C=N–C) groups is 1. The SMILES string of the molecule is CCNC(=NCCNC(=O)Cc1cccc(F)c1)N1CCC2(CCC2)C1. The Kier molecular flexibility index (Phi) is 6.12. The molecule has 1 saturated carbocycles. The summed E-state index contributed by atoms with van der Waals surface area (Å²) in [5.74, 6) is 0.533. The van der Waals surface area contributed by atoms with Gasteiger partial charge in [-0.25, -0.2) is 4.39 Å². The number of likely N-dealkylation sites (tertiary alicyclic amines) is 1. The van der Waals surface area contributed by atoms with Crippen molar-refractivity contribution in [3.63, 3.8) is 0 Å². The summed E-state index contributed by atoms with van der Waals surface area (Å²) in [6, 6.07) is 6.15. The fourth-order valence-electron chi connectivity index (χ4n) is 3.88. The van der Waals surface area contributed by atoms with Crippen molar-refractivity contribution in [3.05, 3.63) is 35.6 Å².